The summed E-state index contributed by atoms with van der Waals surface area (Å²) >= 11 is 0. The van der Waals surface area contributed by atoms with Gasteiger partial charge in [0, 0.05) is 11.6 Å². The van der Waals surface area contributed by atoms with Gasteiger partial charge >= 0.3 is 0 Å². The average Bonchev–Trinajstić information content (AvgIpc) is 2.28. The molecule has 0 saturated carbocycles. The molecule has 1 nitrogen and oxygen atoms in total. The third kappa shape index (κ3) is 3.42. The van der Waals surface area contributed by atoms with E-state index in [9.17, 15) is 8.78 Å². The molecule has 1 aromatic carbocycles. The van der Waals surface area contributed by atoms with Crippen LogP contribution in [-0.2, 0) is 0 Å². The van der Waals surface area contributed by atoms with Crippen LogP contribution in [0.25, 0.3) is 0 Å². The molecule has 0 heterocycles. The first kappa shape index (κ1) is 12.8. The third-order valence-corrected chi connectivity index (χ3v) is 2.44. The first-order chi connectivity index (χ1) is 7.69. The van der Waals surface area contributed by atoms with E-state index in [0.29, 0.717) is 5.56 Å². The zero-order valence-corrected chi connectivity index (χ0v) is 9.47. The molecule has 0 spiro atoms. The first-order valence-corrected chi connectivity index (χ1v) is 5.48. The minimum Gasteiger partial charge on any atom is -0.310 e. The smallest absolute Gasteiger partial charge is 0.128 e. The summed E-state index contributed by atoms with van der Waals surface area (Å²) in [7, 11) is 0. The van der Waals surface area contributed by atoms with E-state index in [2.05, 4.69) is 11.9 Å². The summed E-state index contributed by atoms with van der Waals surface area (Å²) < 4.78 is 26.6. The molecule has 0 aromatic heterocycles. The number of hydrogen-bond acceptors (Lipinski definition) is 1. The van der Waals surface area contributed by atoms with Crippen LogP contribution in [0.1, 0.15) is 31.4 Å². The van der Waals surface area contributed by atoms with E-state index in [1.54, 1.807) is 6.08 Å². The molecule has 0 radical (unpaired) electrons. The van der Waals surface area contributed by atoms with Gasteiger partial charge < -0.3 is 5.32 Å². The highest BCUT2D eigenvalue weighted by Crippen LogP contribution is 2.22. The zero-order valence-electron chi connectivity index (χ0n) is 9.47. The predicted molar refractivity (Wildman–Crippen MR) is 62.2 cm³/mol. The molecular weight excluding hydrogens is 208 g/mol. The molecular formula is C13H17F2N. The quantitative estimate of drug-likeness (QED) is 0.730. The molecule has 16 heavy (non-hydrogen) atoms. The van der Waals surface area contributed by atoms with Crippen LogP contribution in [0.2, 0.25) is 0 Å². The van der Waals surface area contributed by atoms with Gasteiger partial charge in [-0.1, -0.05) is 13.0 Å². The van der Waals surface area contributed by atoms with Crippen molar-refractivity contribution in [3.8, 4) is 0 Å². The molecule has 88 valence electrons. The van der Waals surface area contributed by atoms with Crippen molar-refractivity contribution in [3.63, 3.8) is 0 Å². The van der Waals surface area contributed by atoms with Crippen LogP contribution in [0.15, 0.2) is 30.9 Å². The fraction of sp³-hybridized carbons (Fsp3) is 0.385. The molecule has 1 unspecified atom stereocenters. The Kier molecular flexibility index (Phi) is 5.12. The molecule has 0 aliphatic rings. The summed E-state index contributed by atoms with van der Waals surface area (Å²) in [6, 6.07) is 3.41. The van der Waals surface area contributed by atoms with E-state index >= 15 is 0 Å². The highest BCUT2D eigenvalue weighted by molar-refractivity contribution is 5.22. The Morgan fingerprint density at radius 1 is 1.44 bits per heavy atom. The normalized spacial score (nSPS) is 12.4. The van der Waals surface area contributed by atoms with Crippen LogP contribution >= 0.6 is 0 Å². The van der Waals surface area contributed by atoms with E-state index in [1.807, 2.05) is 6.92 Å². The van der Waals surface area contributed by atoms with E-state index < -0.39 is 5.82 Å². The van der Waals surface area contributed by atoms with Crippen molar-refractivity contribution in [1.82, 2.24) is 5.32 Å². The zero-order chi connectivity index (χ0) is 12.0. The van der Waals surface area contributed by atoms with E-state index in [0.717, 1.165) is 25.5 Å². The fourth-order valence-corrected chi connectivity index (χ4v) is 1.68. The second kappa shape index (κ2) is 6.38. The summed E-state index contributed by atoms with van der Waals surface area (Å²) in [5, 5.41) is 3.15. The first-order valence-electron chi connectivity index (χ1n) is 5.48. The standard InChI is InChI=1S/C13H17F2N/c1-3-5-6-13(16-4-2)11-9-10(14)7-8-12(11)15/h3,7-9,13,16H,1,4-6H2,2H3. The molecule has 1 aromatic rings. The predicted octanol–water partition coefficient (Wildman–Crippen LogP) is 3.58. The highest BCUT2D eigenvalue weighted by atomic mass is 19.1. The van der Waals surface area contributed by atoms with Crippen molar-refractivity contribution in [2.75, 3.05) is 6.54 Å². The molecule has 0 aliphatic carbocycles. The minimum atomic E-state index is -0.405. The van der Waals surface area contributed by atoms with Gasteiger partial charge in [0.2, 0.25) is 0 Å². The van der Waals surface area contributed by atoms with E-state index in [1.165, 1.54) is 12.1 Å². The Labute approximate surface area is 95.2 Å². The molecule has 0 saturated heterocycles. The van der Waals surface area contributed by atoms with Gasteiger partial charge in [-0.2, -0.15) is 0 Å². The molecule has 1 N–H and O–H groups in total. The molecule has 0 aliphatic heterocycles. The van der Waals surface area contributed by atoms with Crippen molar-refractivity contribution in [1.29, 1.82) is 0 Å². The molecule has 1 atom stereocenters. The van der Waals surface area contributed by atoms with Crippen molar-refractivity contribution in [3.05, 3.63) is 48.1 Å². The monoisotopic (exact) mass is 225 g/mol. The maximum Gasteiger partial charge on any atom is 0.128 e. The van der Waals surface area contributed by atoms with Gasteiger partial charge in [-0.15, -0.1) is 6.58 Å². The number of benzene rings is 1. The van der Waals surface area contributed by atoms with Gasteiger partial charge in [-0.25, -0.2) is 8.78 Å². The Morgan fingerprint density at radius 3 is 2.81 bits per heavy atom. The Balaban J connectivity index is 2.89. The van der Waals surface area contributed by atoms with Gasteiger partial charge in [0.15, 0.2) is 0 Å². The summed E-state index contributed by atoms with van der Waals surface area (Å²) in [5.74, 6) is -0.769. The highest BCUT2D eigenvalue weighted by Gasteiger charge is 2.14. The maximum atomic E-state index is 13.5. The second-order valence-corrected chi connectivity index (χ2v) is 3.64. The van der Waals surface area contributed by atoms with Gasteiger partial charge in [0.1, 0.15) is 11.6 Å². The summed E-state index contributed by atoms with van der Waals surface area (Å²) in [5.41, 5.74) is 0.392. The van der Waals surface area contributed by atoms with Crippen molar-refractivity contribution >= 4 is 0 Å². The Bertz CT molecular complexity index is 350. The van der Waals surface area contributed by atoms with Gasteiger partial charge in [-0.3, -0.25) is 0 Å². The SMILES string of the molecule is C=CCCC(NCC)c1cc(F)ccc1F. The third-order valence-electron chi connectivity index (χ3n) is 2.44. The number of allylic oxidation sites excluding steroid dienone is 1. The molecule has 0 bridgehead atoms. The summed E-state index contributed by atoms with van der Waals surface area (Å²) in [4.78, 5) is 0. The lowest BCUT2D eigenvalue weighted by molar-refractivity contribution is 0.482. The largest absolute Gasteiger partial charge is 0.310 e. The lowest BCUT2D eigenvalue weighted by Crippen LogP contribution is -2.22. The number of rotatable bonds is 6. The van der Waals surface area contributed by atoms with Crippen LogP contribution in [0.3, 0.4) is 0 Å². The topological polar surface area (TPSA) is 12.0 Å². The number of nitrogens with one attached hydrogen (secondary N) is 1. The fourth-order valence-electron chi connectivity index (χ4n) is 1.68. The van der Waals surface area contributed by atoms with Crippen LogP contribution in [-0.4, -0.2) is 6.54 Å². The molecule has 0 fully saturated rings. The lowest BCUT2D eigenvalue weighted by atomic mass is 10.0. The van der Waals surface area contributed by atoms with E-state index in [-0.39, 0.29) is 11.9 Å². The van der Waals surface area contributed by atoms with Gasteiger partial charge in [0.25, 0.3) is 0 Å². The molecule has 3 heteroatoms. The summed E-state index contributed by atoms with van der Waals surface area (Å²) in [6.45, 7) is 6.29. The lowest BCUT2D eigenvalue weighted by Gasteiger charge is -2.18. The van der Waals surface area contributed by atoms with Crippen molar-refractivity contribution in [2.24, 2.45) is 0 Å². The number of hydrogen-bond donors (Lipinski definition) is 1. The Hall–Kier alpha value is -1.22. The Morgan fingerprint density at radius 2 is 2.19 bits per heavy atom. The van der Waals surface area contributed by atoms with Gasteiger partial charge in [0.05, 0.1) is 0 Å². The van der Waals surface area contributed by atoms with E-state index in [4.69, 9.17) is 0 Å². The molecule has 0 amide bonds. The van der Waals surface area contributed by atoms with Crippen LogP contribution in [0.5, 0.6) is 0 Å². The van der Waals surface area contributed by atoms with Crippen LogP contribution < -0.4 is 5.32 Å². The maximum absolute atomic E-state index is 13.5. The van der Waals surface area contributed by atoms with Crippen molar-refractivity contribution < 1.29 is 8.78 Å². The molecule has 1 rings (SSSR count). The number of halogens is 2. The minimum absolute atomic E-state index is 0.154. The van der Waals surface area contributed by atoms with Crippen molar-refractivity contribution in [2.45, 2.75) is 25.8 Å². The summed E-state index contributed by atoms with van der Waals surface area (Å²) in [6.07, 6.45) is 3.27. The van der Waals surface area contributed by atoms with Crippen LogP contribution in [0, 0.1) is 11.6 Å². The van der Waals surface area contributed by atoms with Crippen LogP contribution in [0.4, 0.5) is 8.78 Å². The van der Waals surface area contributed by atoms with Gasteiger partial charge in [-0.05, 0) is 37.6 Å². The second-order valence-electron chi connectivity index (χ2n) is 3.64. The average molecular weight is 225 g/mol.